The first kappa shape index (κ1) is 20.3. The Bertz CT molecular complexity index is 1300. The van der Waals surface area contributed by atoms with Crippen LogP contribution in [0.1, 0.15) is 16.0 Å². The molecule has 0 spiro atoms. The van der Waals surface area contributed by atoms with Gasteiger partial charge in [-0.25, -0.2) is 13.4 Å². The number of para-hydroxylation sites is 1. The largest absolute Gasteiger partial charge is 0.361 e. The van der Waals surface area contributed by atoms with E-state index in [4.69, 9.17) is 0 Å². The zero-order valence-electron chi connectivity index (χ0n) is 16.5. The van der Waals surface area contributed by atoms with Crippen LogP contribution in [0.15, 0.2) is 65.8 Å². The maximum absolute atomic E-state index is 13.5. The van der Waals surface area contributed by atoms with E-state index in [1.165, 1.54) is 11.3 Å². The SMILES string of the molecule is Cc1ccc(S(=O)(=O)C(Cc2c[nH]c3ccccc23)C(=O)Nc2ncc(C)s2)cc1. The summed E-state index contributed by atoms with van der Waals surface area (Å²) in [5.74, 6) is -0.588. The van der Waals surface area contributed by atoms with Gasteiger partial charge in [0.2, 0.25) is 5.91 Å². The highest BCUT2D eigenvalue weighted by atomic mass is 32.2. The number of benzene rings is 2. The molecule has 30 heavy (non-hydrogen) atoms. The fourth-order valence-electron chi connectivity index (χ4n) is 3.33. The normalized spacial score (nSPS) is 12.7. The molecule has 2 heterocycles. The number of hydrogen-bond donors (Lipinski definition) is 2. The van der Waals surface area contributed by atoms with Crippen molar-refractivity contribution in [2.45, 2.75) is 30.4 Å². The zero-order valence-corrected chi connectivity index (χ0v) is 18.2. The summed E-state index contributed by atoms with van der Waals surface area (Å²) < 4.78 is 26.9. The number of sulfone groups is 1. The highest BCUT2D eigenvalue weighted by Crippen LogP contribution is 2.26. The van der Waals surface area contributed by atoms with Gasteiger partial charge in [0.15, 0.2) is 15.0 Å². The van der Waals surface area contributed by atoms with Gasteiger partial charge in [0, 0.05) is 34.6 Å². The number of aryl methyl sites for hydroxylation is 2. The highest BCUT2D eigenvalue weighted by Gasteiger charge is 2.35. The van der Waals surface area contributed by atoms with E-state index < -0.39 is 21.0 Å². The number of nitrogens with zero attached hydrogens (tertiary/aromatic N) is 1. The van der Waals surface area contributed by atoms with Gasteiger partial charge in [-0.05, 0) is 37.6 Å². The van der Waals surface area contributed by atoms with Gasteiger partial charge in [0.05, 0.1) is 4.90 Å². The van der Waals surface area contributed by atoms with Crippen molar-refractivity contribution in [3.63, 3.8) is 0 Å². The summed E-state index contributed by atoms with van der Waals surface area (Å²) in [6.07, 6.45) is 3.46. The molecule has 0 fully saturated rings. The van der Waals surface area contributed by atoms with Gasteiger partial charge in [0.25, 0.3) is 0 Å². The summed E-state index contributed by atoms with van der Waals surface area (Å²) in [5.41, 5.74) is 2.62. The summed E-state index contributed by atoms with van der Waals surface area (Å²) in [6, 6.07) is 14.2. The van der Waals surface area contributed by atoms with Crippen molar-refractivity contribution in [3.8, 4) is 0 Å². The van der Waals surface area contributed by atoms with Gasteiger partial charge in [-0.1, -0.05) is 35.9 Å². The number of carbonyl (C=O) groups is 1. The van der Waals surface area contributed by atoms with Gasteiger partial charge in [-0.15, -0.1) is 11.3 Å². The van der Waals surface area contributed by atoms with Crippen LogP contribution in [0.25, 0.3) is 10.9 Å². The lowest BCUT2D eigenvalue weighted by molar-refractivity contribution is -0.115. The molecule has 2 aromatic heterocycles. The molecule has 1 unspecified atom stereocenters. The van der Waals surface area contributed by atoms with Crippen LogP contribution in [0.4, 0.5) is 5.13 Å². The van der Waals surface area contributed by atoms with Crippen molar-refractivity contribution < 1.29 is 13.2 Å². The van der Waals surface area contributed by atoms with Crippen LogP contribution in [0, 0.1) is 13.8 Å². The number of rotatable bonds is 6. The smallest absolute Gasteiger partial charge is 0.245 e. The van der Waals surface area contributed by atoms with Gasteiger partial charge < -0.3 is 10.3 Å². The Morgan fingerprint density at radius 1 is 1.13 bits per heavy atom. The number of thiazole rings is 1. The lowest BCUT2D eigenvalue weighted by Gasteiger charge is -2.17. The number of anilines is 1. The number of hydrogen-bond acceptors (Lipinski definition) is 5. The summed E-state index contributed by atoms with van der Waals surface area (Å²) in [5, 5.41) is 2.69. The average Bonchev–Trinajstić information content (AvgIpc) is 3.32. The third-order valence-electron chi connectivity index (χ3n) is 4.95. The van der Waals surface area contributed by atoms with E-state index in [1.807, 2.05) is 38.1 Å². The van der Waals surface area contributed by atoms with E-state index in [-0.39, 0.29) is 11.3 Å². The lowest BCUT2D eigenvalue weighted by Crippen LogP contribution is -2.37. The van der Waals surface area contributed by atoms with Crippen LogP contribution in [0.2, 0.25) is 0 Å². The number of fused-ring (bicyclic) bond motifs is 1. The number of carbonyl (C=O) groups excluding carboxylic acids is 1. The Balaban J connectivity index is 1.73. The molecule has 0 aliphatic carbocycles. The quantitative estimate of drug-likeness (QED) is 0.469. The van der Waals surface area contributed by atoms with Gasteiger partial charge in [-0.3, -0.25) is 4.79 Å². The Morgan fingerprint density at radius 3 is 2.57 bits per heavy atom. The van der Waals surface area contributed by atoms with Crippen LogP contribution in [-0.4, -0.2) is 29.5 Å². The van der Waals surface area contributed by atoms with Gasteiger partial charge in [-0.2, -0.15) is 0 Å². The highest BCUT2D eigenvalue weighted by molar-refractivity contribution is 7.92. The zero-order chi connectivity index (χ0) is 21.3. The number of aromatic nitrogens is 2. The van der Waals surface area contributed by atoms with Crippen LogP contribution in [-0.2, 0) is 21.1 Å². The average molecular weight is 440 g/mol. The molecule has 154 valence electrons. The maximum atomic E-state index is 13.5. The van der Waals surface area contributed by atoms with Crippen molar-refractivity contribution in [2.75, 3.05) is 5.32 Å². The molecule has 0 aliphatic heterocycles. The summed E-state index contributed by atoms with van der Waals surface area (Å²) >= 11 is 1.31. The maximum Gasteiger partial charge on any atom is 0.245 e. The number of nitrogens with one attached hydrogen (secondary N) is 2. The Kier molecular flexibility index (Phi) is 5.44. The van der Waals surface area contributed by atoms with Crippen LogP contribution < -0.4 is 5.32 Å². The second-order valence-electron chi connectivity index (χ2n) is 7.18. The molecule has 2 N–H and O–H groups in total. The van der Waals surface area contributed by atoms with Gasteiger partial charge in [0.1, 0.15) is 5.25 Å². The van der Waals surface area contributed by atoms with Crippen molar-refractivity contribution in [2.24, 2.45) is 0 Å². The van der Waals surface area contributed by atoms with Crippen LogP contribution >= 0.6 is 11.3 Å². The first-order chi connectivity index (χ1) is 14.3. The first-order valence-electron chi connectivity index (χ1n) is 9.43. The van der Waals surface area contributed by atoms with Crippen molar-refractivity contribution in [1.82, 2.24) is 9.97 Å². The van der Waals surface area contributed by atoms with E-state index in [0.717, 1.165) is 26.9 Å². The fourth-order valence-corrected chi connectivity index (χ4v) is 5.59. The van der Waals surface area contributed by atoms with Crippen LogP contribution in [0.5, 0.6) is 0 Å². The first-order valence-corrected chi connectivity index (χ1v) is 11.8. The number of aromatic amines is 1. The molecule has 4 rings (SSSR count). The second kappa shape index (κ2) is 8.04. The molecule has 0 bridgehead atoms. The standard InChI is InChI=1S/C22H21N3O3S2/c1-14-7-9-17(10-8-14)30(27,28)20(21(26)25-22-24-12-15(2)29-22)11-16-13-23-19-6-4-3-5-18(16)19/h3-10,12-13,20,23H,11H2,1-2H3,(H,24,25,26). The minimum absolute atomic E-state index is 0.0520. The molecule has 6 nitrogen and oxygen atoms in total. The van der Waals surface area contributed by atoms with Crippen molar-refractivity contribution in [3.05, 3.63) is 76.9 Å². The van der Waals surface area contributed by atoms with Crippen molar-refractivity contribution in [1.29, 1.82) is 0 Å². The molecule has 2 aromatic carbocycles. The predicted octanol–water partition coefficient (Wildman–Crippen LogP) is 4.26. The third kappa shape index (κ3) is 4.01. The molecule has 0 aliphatic rings. The molecule has 4 aromatic rings. The van der Waals surface area contributed by atoms with E-state index in [0.29, 0.717) is 5.13 Å². The van der Waals surface area contributed by atoms with E-state index in [1.54, 1.807) is 36.7 Å². The lowest BCUT2D eigenvalue weighted by atomic mass is 10.1. The molecule has 0 radical (unpaired) electrons. The summed E-state index contributed by atoms with van der Waals surface area (Å²) in [4.78, 5) is 21.5. The van der Waals surface area contributed by atoms with E-state index in [2.05, 4.69) is 15.3 Å². The van der Waals surface area contributed by atoms with Gasteiger partial charge >= 0.3 is 0 Å². The summed E-state index contributed by atoms with van der Waals surface area (Å²) in [6.45, 7) is 3.76. The van der Waals surface area contributed by atoms with Crippen LogP contribution in [0.3, 0.4) is 0 Å². The molecule has 1 atom stereocenters. The number of H-pyrrole nitrogens is 1. The molecule has 8 heteroatoms. The fraction of sp³-hybridized carbons (Fsp3) is 0.182. The topological polar surface area (TPSA) is 91.9 Å². The minimum Gasteiger partial charge on any atom is -0.361 e. The van der Waals surface area contributed by atoms with Crippen molar-refractivity contribution >= 4 is 43.1 Å². The predicted molar refractivity (Wildman–Crippen MR) is 120 cm³/mol. The molecule has 1 amide bonds. The molecular weight excluding hydrogens is 418 g/mol. The molecular formula is C22H21N3O3S2. The van der Waals surface area contributed by atoms with E-state index >= 15 is 0 Å². The summed E-state index contributed by atoms with van der Waals surface area (Å²) in [7, 11) is -3.92. The monoisotopic (exact) mass is 439 g/mol. The minimum atomic E-state index is -3.92. The second-order valence-corrected chi connectivity index (χ2v) is 10.5. The Labute approximate surface area is 178 Å². The molecule has 0 saturated heterocycles. The third-order valence-corrected chi connectivity index (χ3v) is 7.84. The molecule has 0 saturated carbocycles. The number of amides is 1. The van der Waals surface area contributed by atoms with E-state index in [9.17, 15) is 13.2 Å². The Hall–Kier alpha value is -2.97. The Morgan fingerprint density at radius 2 is 1.87 bits per heavy atom.